The molecule has 1 saturated heterocycles. The summed E-state index contributed by atoms with van der Waals surface area (Å²) in [4.78, 5) is 26.4. The van der Waals surface area contributed by atoms with Gasteiger partial charge in [-0.2, -0.15) is 9.78 Å². The molecule has 1 aliphatic heterocycles. The standard InChI is InChI=1S/C26H27F2N5O4S/c27-19-13-20(28)15-21(14-19)32-26(34)25(37-22-6-2-3-7-22)24(16-29-32)30-9-11-31(12-10-30)38-17-18-5-1-4-8-23(18)33(35)36/h1,4-5,8,13-16,22H,2-3,6-7,9-12,17H2. The largest absolute Gasteiger partial charge is 0.483 e. The van der Waals surface area contributed by atoms with E-state index in [1.807, 2.05) is 4.90 Å². The van der Waals surface area contributed by atoms with E-state index in [1.165, 1.54) is 24.2 Å². The summed E-state index contributed by atoms with van der Waals surface area (Å²) in [6.07, 6.45) is 5.13. The fourth-order valence-corrected chi connectivity index (χ4v) is 5.80. The highest BCUT2D eigenvalue weighted by Gasteiger charge is 2.27. The molecule has 0 spiro atoms. The molecule has 0 unspecified atom stereocenters. The second-order valence-corrected chi connectivity index (χ2v) is 10.4. The third-order valence-electron chi connectivity index (χ3n) is 6.76. The smallest absolute Gasteiger partial charge is 0.316 e. The molecule has 0 radical (unpaired) electrons. The first-order valence-electron chi connectivity index (χ1n) is 12.5. The lowest BCUT2D eigenvalue weighted by Crippen LogP contribution is -2.44. The zero-order valence-corrected chi connectivity index (χ0v) is 21.4. The van der Waals surface area contributed by atoms with Crippen molar-refractivity contribution in [1.29, 1.82) is 0 Å². The molecule has 5 rings (SSSR count). The number of hydrogen-bond acceptors (Lipinski definition) is 8. The summed E-state index contributed by atoms with van der Waals surface area (Å²) >= 11 is 1.53. The van der Waals surface area contributed by atoms with Crippen LogP contribution < -0.4 is 15.2 Å². The van der Waals surface area contributed by atoms with Gasteiger partial charge in [0.25, 0.3) is 5.69 Å². The summed E-state index contributed by atoms with van der Waals surface area (Å²) in [5, 5.41) is 15.5. The van der Waals surface area contributed by atoms with Gasteiger partial charge in [-0.05, 0) is 37.8 Å². The number of halogens is 2. The van der Waals surface area contributed by atoms with Crippen molar-refractivity contribution >= 4 is 23.3 Å². The van der Waals surface area contributed by atoms with E-state index in [0.29, 0.717) is 43.2 Å². The molecule has 1 aliphatic carbocycles. The Morgan fingerprint density at radius 2 is 1.74 bits per heavy atom. The van der Waals surface area contributed by atoms with Gasteiger partial charge in [0.05, 0.1) is 22.9 Å². The monoisotopic (exact) mass is 543 g/mol. The molecule has 0 bridgehead atoms. The van der Waals surface area contributed by atoms with Crippen molar-refractivity contribution in [1.82, 2.24) is 14.1 Å². The van der Waals surface area contributed by atoms with E-state index in [0.717, 1.165) is 48.6 Å². The number of rotatable bonds is 8. The Labute approximate surface area is 222 Å². The second-order valence-electron chi connectivity index (χ2n) is 9.30. The van der Waals surface area contributed by atoms with Crippen LogP contribution in [0, 0.1) is 21.7 Å². The van der Waals surface area contributed by atoms with Crippen LogP contribution in [-0.2, 0) is 5.75 Å². The molecule has 12 heteroatoms. The van der Waals surface area contributed by atoms with Crippen LogP contribution >= 0.6 is 11.9 Å². The Hall–Kier alpha value is -3.51. The van der Waals surface area contributed by atoms with Gasteiger partial charge in [-0.25, -0.2) is 13.1 Å². The summed E-state index contributed by atoms with van der Waals surface area (Å²) in [5.41, 5.74) is 0.758. The zero-order valence-electron chi connectivity index (χ0n) is 20.6. The predicted molar refractivity (Wildman–Crippen MR) is 141 cm³/mol. The normalized spacial score (nSPS) is 16.6. The molecular formula is C26H27F2N5O4S. The van der Waals surface area contributed by atoms with Gasteiger partial charge in [0.2, 0.25) is 5.75 Å². The summed E-state index contributed by atoms with van der Waals surface area (Å²) in [6.45, 7) is 2.49. The first kappa shape index (κ1) is 26.1. The molecule has 38 heavy (non-hydrogen) atoms. The van der Waals surface area contributed by atoms with Crippen molar-refractivity contribution in [3.8, 4) is 11.4 Å². The summed E-state index contributed by atoms with van der Waals surface area (Å²) in [6, 6.07) is 9.58. The lowest BCUT2D eigenvalue weighted by atomic mass is 10.2. The van der Waals surface area contributed by atoms with E-state index in [1.54, 1.807) is 18.2 Å². The molecular weight excluding hydrogens is 516 g/mol. The minimum atomic E-state index is -0.800. The van der Waals surface area contributed by atoms with E-state index < -0.39 is 17.2 Å². The van der Waals surface area contributed by atoms with Crippen LogP contribution in [0.1, 0.15) is 31.2 Å². The second kappa shape index (κ2) is 11.5. The first-order chi connectivity index (χ1) is 18.4. The molecule has 2 heterocycles. The minimum Gasteiger partial charge on any atom is -0.483 e. The fraction of sp³-hybridized carbons (Fsp3) is 0.385. The molecule has 0 N–H and O–H groups in total. The minimum absolute atomic E-state index is 0.00783. The van der Waals surface area contributed by atoms with Crippen molar-refractivity contribution in [3.05, 3.63) is 86.3 Å². The maximum absolute atomic E-state index is 13.9. The number of aromatic nitrogens is 2. The highest BCUT2D eigenvalue weighted by Crippen LogP contribution is 2.32. The molecule has 9 nitrogen and oxygen atoms in total. The van der Waals surface area contributed by atoms with Gasteiger partial charge >= 0.3 is 5.56 Å². The molecule has 2 aromatic carbocycles. The number of para-hydroxylation sites is 1. The lowest BCUT2D eigenvalue weighted by Gasteiger charge is -2.36. The molecule has 200 valence electrons. The number of benzene rings is 2. The fourth-order valence-electron chi connectivity index (χ4n) is 4.81. The molecule has 0 amide bonds. The highest BCUT2D eigenvalue weighted by molar-refractivity contribution is 7.96. The Balaban J connectivity index is 1.34. The molecule has 3 aromatic rings. The van der Waals surface area contributed by atoms with E-state index >= 15 is 0 Å². The topological polar surface area (TPSA) is 93.7 Å². The van der Waals surface area contributed by atoms with E-state index in [-0.39, 0.29) is 28.2 Å². The molecule has 1 aromatic heterocycles. The van der Waals surface area contributed by atoms with Gasteiger partial charge in [0.15, 0.2) is 0 Å². The Kier molecular flexibility index (Phi) is 7.89. The summed E-state index contributed by atoms with van der Waals surface area (Å²) in [5.74, 6) is -0.983. The van der Waals surface area contributed by atoms with Crippen LogP contribution in [0.25, 0.3) is 5.69 Å². The molecule has 0 atom stereocenters. The highest BCUT2D eigenvalue weighted by atomic mass is 32.2. The van der Waals surface area contributed by atoms with Crippen LogP contribution in [-0.4, -0.2) is 51.3 Å². The number of nitrogens with zero attached hydrogens (tertiary/aromatic N) is 5. The Bertz CT molecular complexity index is 1350. The van der Waals surface area contributed by atoms with Crippen molar-refractivity contribution in [2.75, 3.05) is 31.1 Å². The van der Waals surface area contributed by atoms with Crippen molar-refractivity contribution < 1.29 is 18.4 Å². The van der Waals surface area contributed by atoms with Gasteiger partial charge in [-0.15, -0.1) is 0 Å². The van der Waals surface area contributed by atoms with Gasteiger partial charge in [-0.3, -0.25) is 14.9 Å². The Morgan fingerprint density at radius 1 is 1.05 bits per heavy atom. The van der Waals surface area contributed by atoms with Crippen LogP contribution in [0.4, 0.5) is 20.2 Å². The third-order valence-corrected chi connectivity index (χ3v) is 7.93. The molecule has 1 saturated carbocycles. The predicted octanol–water partition coefficient (Wildman–Crippen LogP) is 4.71. The van der Waals surface area contributed by atoms with E-state index in [2.05, 4.69) is 9.40 Å². The van der Waals surface area contributed by atoms with Crippen molar-refractivity contribution in [2.45, 2.75) is 37.5 Å². The quantitative estimate of drug-likeness (QED) is 0.229. The van der Waals surface area contributed by atoms with E-state index in [4.69, 9.17) is 4.74 Å². The number of anilines is 1. The molecule has 2 aliphatic rings. The van der Waals surface area contributed by atoms with Gasteiger partial charge in [0.1, 0.15) is 17.3 Å². The van der Waals surface area contributed by atoms with Gasteiger partial charge in [-0.1, -0.05) is 30.1 Å². The van der Waals surface area contributed by atoms with Crippen LogP contribution in [0.15, 0.2) is 53.5 Å². The van der Waals surface area contributed by atoms with Crippen LogP contribution in [0.2, 0.25) is 0 Å². The van der Waals surface area contributed by atoms with Crippen molar-refractivity contribution in [3.63, 3.8) is 0 Å². The number of ether oxygens (including phenoxy) is 1. The number of hydrogen-bond donors (Lipinski definition) is 0. The van der Waals surface area contributed by atoms with Gasteiger partial charge < -0.3 is 9.64 Å². The lowest BCUT2D eigenvalue weighted by molar-refractivity contribution is -0.385. The zero-order chi connectivity index (χ0) is 26.6. The summed E-state index contributed by atoms with van der Waals surface area (Å²) < 4.78 is 37.0. The first-order valence-corrected chi connectivity index (χ1v) is 13.4. The van der Waals surface area contributed by atoms with Crippen LogP contribution in [0.3, 0.4) is 0 Å². The SMILES string of the molecule is O=c1c(OC2CCCC2)c(N2CCN(SCc3ccccc3[N+](=O)[O-])CC2)cnn1-c1cc(F)cc(F)c1. The average molecular weight is 544 g/mol. The average Bonchev–Trinajstić information content (AvgIpc) is 3.42. The third kappa shape index (κ3) is 5.81. The van der Waals surface area contributed by atoms with Crippen molar-refractivity contribution in [2.24, 2.45) is 0 Å². The number of nitro groups is 1. The summed E-state index contributed by atoms with van der Waals surface area (Å²) in [7, 11) is 0. The maximum atomic E-state index is 13.9. The molecule has 2 fully saturated rings. The van der Waals surface area contributed by atoms with Gasteiger partial charge in [0, 0.05) is 49.6 Å². The van der Waals surface area contributed by atoms with E-state index in [9.17, 15) is 23.7 Å². The Morgan fingerprint density at radius 3 is 2.42 bits per heavy atom. The number of nitro benzene ring substituents is 1. The maximum Gasteiger partial charge on any atom is 0.316 e. The number of piperazine rings is 1. The van der Waals surface area contributed by atoms with Crippen LogP contribution in [0.5, 0.6) is 5.75 Å².